The van der Waals surface area contributed by atoms with Crippen LogP contribution < -0.4 is 0 Å². The quantitative estimate of drug-likeness (QED) is 0.679. The molecular formula is C10H18O4S2. The van der Waals surface area contributed by atoms with Crippen LogP contribution in [0.25, 0.3) is 0 Å². The van der Waals surface area contributed by atoms with Crippen molar-refractivity contribution in [2.45, 2.75) is 31.0 Å². The summed E-state index contributed by atoms with van der Waals surface area (Å²) in [5.41, 5.74) is 0. The smallest absolute Gasteiger partial charge is 0.184 e. The summed E-state index contributed by atoms with van der Waals surface area (Å²) in [6, 6.07) is 0. The van der Waals surface area contributed by atoms with E-state index in [0.717, 1.165) is 6.42 Å². The molecule has 0 amide bonds. The molecule has 0 spiro atoms. The van der Waals surface area contributed by atoms with E-state index in [4.69, 9.17) is 18.9 Å². The zero-order valence-corrected chi connectivity index (χ0v) is 11.2. The second kappa shape index (κ2) is 6.47. The zero-order valence-electron chi connectivity index (χ0n) is 9.59. The van der Waals surface area contributed by atoms with Gasteiger partial charge in [0.25, 0.3) is 0 Å². The lowest BCUT2D eigenvalue weighted by molar-refractivity contribution is -0.197. The van der Waals surface area contributed by atoms with Gasteiger partial charge in [0.2, 0.25) is 0 Å². The highest BCUT2D eigenvalue weighted by Gasteiger charge is 2.45. The molecule has 2 rings (SSSR count). The fourth-order valence-corrected chi connectivity index (χ4v) is 2.58. The third-order valence-electron chi connectivity index (χ3n) is 2.72. The van der Waals surface area contributed by atoms with Crippen LogP contribution in [0.4, 0.5) is 0 Å². The van der Waals surface area contributed by atoms with Crippen molar-refractivity contribution in [3.8, 4) is 0 Å². The van der Waals surface area contributed by atoms with Gasteiger partial charge in [0.1, 0.15) is 12.2 Å². The number of hydrogen-bond acceptors (Lipinski definition) is 6. The predicted octanol–water partition coefficient (Wildman–Crippen LogP) is 1.54. The summed E-state index contributed by atoms with van der Waals surface area (Å²) in [5, 5.41) is 0. The van der Waals surface area contributed by atoms with Gasteiger partial charge >= 0.3 is 0 Å². The first-order valence-corrected chi connectivity index (χ1v) is 8.12. The molecule has 2 fully saturated rings. The third kappa shape index (κ3) is 3.05. The summed E-state index contributed by atoms with van der Waals surface area (Å²) < 4.78 is 22.7. The molecule has 2 saturated heterocycles. The van der Waals surface area contributed by atoms with Crippen molar-refractivity contribution >= 4 is 23.5 Å². The van der Waals surface area contributed by atoms with Crippen molar-refractivity contribution in [3.63, 3.8) is 0 Å². The molecule has 2 aliphatic rings. The van der Waals surface area contributed by atoms with Crippen LogP contribution in [0.3, 0.4) is 0 Å². The molecule has 0 aromatic heterocycles. The fourth-order valence-electron chi connectivity index (χ4n) is 1.96. The molecule has 16 heavy (non-hydrogen) atoms. The fraction of sp³-hybridized carbons (Fsp3) is 1.00. The second-order valence-corrected chi connectivity index (χ2v) is 5.46. The van der Waals surface area contributed by atoms with Crippen LogP contribution in [0, 0.1) is 0 Å². The molecule has 0 aromatic rings. The van der Waals surface area contributed by atoms with Gasteiger partial charge in [0, 0.05) is 6.42 Å². The zero-order chi connectivity index (χ0) is 11.4. The van der Waals surface area contributed by atoms with Crippen LogP contribution in [0.1, 0.15) is 6.42 Å². The first-order chi connectivity index (χ1) is 7.85. The summed E-state index contributed by atoms with van der Waals surface area (Å²) in [5.74, 6) is 1.37. The Morgan fingerprint density at radius 2 is 1.81 bits per heavy atom. The number of rotatable bonds is 6. The van der Waals surface area contributed by atoms with Crippen molar-refractivity contribution in [1.82, 2.24) is 0 Å². The summed E-state index contributed by atoms with van der Waals surface area (Å²) >= 11 is 3.34. The summed E-state index contributed by atoms with van der Waals surface area (Å²) in [6.45, 7) is 0.628. The highest BCUT2D eigenvalue weighted by Crippen LogP contribution is 2.31. The van der Waals surface area contributed by atoms with E-state index in [0.29, 0.717) is 18.5 Å². The molecule has 0 radical (unpaired) electrons. The van der Waals surface area contributed by atoms with Gasteiger partial charge in [-0.05, 0) is 12.5 Å². The van der Waals surface area contributed by atoms with E-state index in [2.05, 4.69) is 0 Å². The predicted molar refractivity (Wildman–Crippen MR) is 65.7 cm³/mol. The van der Waals surface area contributed by atoms with Crippen LogP contribution in [0.5, 0.6) is 0 Å². The van der Waals surface area contributed by atoms with Gasteiger partial charge in [0.15, 0.2) is 6.29 Å². The van der Waals surface area contributed by atoms with Crippen molar-refractivity contribution in [2.75, 3.05) is 31.0 Å². The Bertz CT molecular complexity index is 197. The Morgan fingerprint density at radius 3 is 2.50 bits per heavy atom. The van der Waals surface area contributed by atoms with E-state index < -0.39 is 0 Å². The molecule has 94 valence electrons. The van der Waals surface area contributed by atoms with Gasteiger partial charge in [0.05, 0.1) is 24.6 Å². The molecule has 6 heteroatoms. The Hall–Kier alpha value is 0.540. The maximum atomic E-state index is 5.74. The number of hydrogen-bond donors (Lipinski definition) is 0. The minimum Gasteiger partial charge on any atom is -0.365 e. The van der Waals surface area contributed by atoms with Gasteiger partial charge in [-0.3, -0.25) is 0 Å². The van der Waals surface area contributed by atoms with Crippen LogP contribution in [0.2, 0.25) is 0 Å². The van der Waals surface area contributed by atoms with Crippen molar-refractivity contribution < 1.29 is 18.9 Å². The lowest BCUT2D eigenvalue weighted by Gasteiger charge is -2.33. The van der Waals surface area contributed by atoms with Crippen molar-refractivity contribution in [1.29, 1.82) is 0 Å². The number of ether oxygens (including phenoxy) is 4. The van der Waals surface area contributed by atoms with Crippen LogP contribution in [-0.2, 0) is 18.9 Å². The molecule has 4 nitrogen and oxygen atoms in total. The van der Waals surface area contributed by atoms with E-state index in [1.807, 2.05) is 12.5 Å². The van der Waals surface area contributed by atoms with E-state index in [-0.39, 0.29) is 24.6 Å². The average molecular weight is 266 g/mol. The molecule has 0 unspecified atom stereocenters. The Balaban J connectivity index is 1.85. The highest BCUT2D eigenvalue weighted by molar-refractivity contribution is 7.98. The Kier molecular flexibility index (Phi) is 5.25. The minimum atomic E-state index is -0.189. The monoisotopic (exact) mass is 266 g/mol. The van der Waals surface area contributed by atoms with Gasteiger partial charge in [-0.25, -0.2) is 0 Å². The summed E-state index contributed by atoms with van der Waals surface area (Å²) in [4.78, 5) is 0. The first-order valence-electron chi connectivity index (χ1n) is 5.33. The molecule has 2 heterocycles. The Labute approximate surface area is 105 Å². The van der Waals surface area contributed by atoms with E-state index in [1.54, 1.807) is 23.5 Å². The summed E-state index contributed by atoms with van der Waals surface area (Å²) in [6.07, 6.45) is 4.94. The maximum Gasteiger partial charge on any atom is 0.184 e. The molecule has 2 bridgehead atoms. The van der Waals surface area contributed by atoms with Crippen molar-refractivity contribution in [3.05, 3.63) is 0 Å². The second-order valence-electron chi connectivity index (χ2n) is 3.84. The topological polar surface area (TPSA) is 36.9 Å². The third-order valence-corrected chi connectivity index (χ3v) is 3.46. The molecule has 0 aromatic carbocycles. The van der Waals surface area contributed by atoms with E-state index in [1.165, 1.54) is 0 Å². The van der Waals surface area contributed by atoms with Crippen LogP contribution in [0.15, 0.2) is 0 Å². The normalized spacial score (nSPS) is 37.9. The molecule has 0 saturated carbocycles. The van der Waals surface area contributed by atoms with Gasteiger partial charge in [-0.1, -0.05) is 0 Å². The molecule has 0 N–H and O–H groups in total. The molecular weight excluding hydrogens is 248 g/mol. The SMILES string of the molecule is CSCO[C@H]1C[C@H](OCSC)[C@H]2CO[C@@H]1O2. The first kappa shape index (κ1) is 13.0. The Morgan fingerprint density at radius 1 is 1.12 bits per heavy atom. The average Bonchev–Trinajstić information content (AvgIpc) is 2.72. The summed E-state index contributed by atoms with van der Waals surface area (Å²) in [7, 11) is 0. The lowest BCUT2D eigenvalue weighted by atomic mass is 10.0. The molecule has 4 atom stereocenters. The number of thioether (sulfide) groups is 2. The standard InChI is InChI=1S/C10H18O4S2/c1-15-5-12-7-3-8(13-6-16-2)10-11-4-9(7)14-10/h7-10H,3-6H2,1-2H3/t7-,8-,9+,10+/m0/s1. The molecule has 0 aliphatic carbocycles. The highest BCUT2D eigenvalue weighted by atomic mass is 32.2. The van der Waals surface area contributed by atoms with Gasteiger partial charge in [-0.15, -0.1) is 23.5 Å². The van der Waals surface area contributed by atoms with E-state index >= 15 is 0 Å². The number of fused-ring (bicyclic) bond motifs is 2. The van der Waals surface area contributed by atoms with Crippen LogP contribution >= 0.6 is 23.5 Å². The van der Waals surface area contributed by atoms with Crippen molar-refractivity contribution in [2.24, 2.45) is 0 Å². The lowest BCUT2D eigenvalue weighted by Crippen LogP contribution is -2.44. The van der Waals surface area contributed by atoms with E-state index in [9.17, 15) is 0 Å². The van der Waals surface area contributed by atoms with Gasteiger partial charge in [-0.2, -0.15) is 0 Å². The largest absolute Gasteiger partial charge is 0.365 e. The maximum absolute atomic E-state index is 5.74. The molecule has 2 aliphatic heterocycles. The van der Waals surface area contributed by atoms with Crippen LogP contribution in [-0.4, -0.2) is 55.6 Å². The minimum absolute atomic E-state index is 0.0121. The van der Waals surface area contributed by atoms with Gasteiger partial charge < -0.3 is 18.9 Å².